The van der Waals surface area contributed by atoms with Gasteiger partial charge in [0.25, 0.3) is 5.91 Å². The lowest BCUT2D eigenvalue weighted by molar-refractivity contribution is -0.127. The molecule has 4 nitrogen and oxygen atoms in total. The number of nitrogens with one attached hydrogen (secondary N) is 1. The van der Waals surface area contributed by atoms with E-state index < -0.39 is 6.10 Å². The van der Waals surface area contributed by atoms with Crippen molar-refractivity contribution >= 4 is 28.1 Å². The summed E-state index contributed by atoms with van der Waals surface area (Å²) in [5.41, 5.74) is 0.493. The smallest absolute Gasteiger partial charge is 0.260 e. The number of carbonyl (C=O) groups is 2. The summed E-state index contributed by atoms with van der Waals surface area (Å²) in [6.45, 7) is 6.35. The van der Waals surface area contributed by atoms with Crippen molar-refractivity contribution in [2.24, 2.45) is 5.92 Å². The SMILES string of the molecule is CC(C)CNC(=O)C(C)Oc1ccc(Br)c(C=O)c1. The van der Waals surface area contributed by atoms with Crippen LogP contribution in [0.4, 0.5) is 0 Å². The molecule has 0 saturated carbocycles. The molecule has 0 bridgehead atoms. The maximum Gasteiger partial charge on any atom is 0.260 e. The van der Waals surface area contributed by atoms with E-state index in [-0.39, 0.29) is 5.91 Å². The van der Waals surface area contributed by atoms with Crippen LogP contribution in [0.15, 0.2) is 22.7 Å². The van der Waals surface area contributed by atoms with Gasteiger partial charge >= 0.3 is 0 Å². The predicted octanol–water partition coefficient (Wildman–Crippen LogP) is 2.80. The van der Waals surface area contributed by atoms with Gasteiger partial charge in [0, 0.05) is 16.6 Å². The van der Waals surface area contributed by atoms with Gasteiger partial charge in [-0.15, -0.1) is 0 Å². The quantitative estimate of drug-likeness (QED) is 0.817. The minimum absolute atomic E-state index is 0.163. The van der Waals surface area contributed by atoms with Crippen molar-refractivity contribution < 1.29 is 14.3 Å². The highest BCUT2D eigenvalue weighted by Crippen LogP contribution is 2.21. The second kappa shape index (κ2) is 7.28. The molecule has 19 heavy (non-hydrogen) atoms. The number of aldehydes is 1. The summed E-state index contributed by atoms with van der Waals surface area (Å²) in [4.78, 5) is 22.6. The number of ether oxygens (including phenoxy) is 1. The highest BCUT2D eigenvalue weighted by Gasteiger charge is 2.15. The molecule has 0 heterocycles. The molecule has 1 aromatic carbocycles. The fourth-order valence-electron chi connectivity index (χ4n) is 1.39. The lowest BCUT2D eigenvalue weighted by atomic mass is 10.2. The number of carbonyl (C=O) groups excluding carboxylic acids is 2. The van der Waals surface area contributed by atoms with Crippen LogP contribution in [-0.2, 0) is 4.79 Å². The molecule has 1 N–H and O–H groups in total. The van der Waals surface area contributed by atoms with Gasteiger partial charge in [-0.1, -0.05) is 29.8 Å². The van der Waals surface area contributed by atoms with E-state index in [1.807, 2.05) is 13.8 Å². The monoisotopic (exact) mass is 327 g/mol. The number of amides is 1. The molecule has 1 amide bonds. The minimum atomic E-state index is -0.598. The number of hydrogen-bond acceptors (Lipinski definition) is 3. The zero-order chi connectivity index (χ0) is 14.4. The highest BCUT2D eigenvalue weighted by atomic mass is 79.9. The lowest BCUT2D eigenvalue weighted by Crippen LogP contribution is -2.38. The molecule has 0 radical (unpaired) electrons. The Balaban J connectivity index is 2.63. The fraction of sp³-hybridized carbons (Fsp3) is 0.429. The Hall–Kier alpha value is -1.36. The van der Waals surface area contributed by atoms with E-state index in [4.69, 9.17) is 4.74 Å². The molecule has 0 aliphatic heterocycles. The standard InChI is InChI=1S/C14H18BrNO3/c1-9(2)7-16-14(18)10(3)19-12-4-5-13(15)11(6-12)8-17/h4-6,8-10H,7H2,1-3H3,(H,16,18). The van der Waals surface area contributed by atoms with Gasteiger partial charge in [0.2, 0.25) is 0 Å². The minimum Gasteiger partial charge on any atom is -0.481 e. The van der Waals surface area contributed by atoms with Gasteiger partial charge in [-0.2, -0.15) is 0 Å². The lowest BCUT2D eigenvalue weighted by Gasteiger charge is -2.16. The number of rotatable bonds is 6. The van der Waals surface area contributed by atoms with E-state index >= 15 is 0 Å². The first-order valence-electron chi connectivity index (χ1n) is 6.13. The van der Waals surface area contributed by atoms with Crippen LogP contribution in [0.2, 0.25) is 0 Å². The first kappa shape index (κ1) is 15.7. The summed E-state index contributed by atoms with van der Waals surface area (Å²) < 4.78 is 6.21. The van der Waals surface area contributed by atoms with Gasteiger partial charge in [-0.05, 0) is 31.0 Å². The van der Waals surface area contributed by atoms with Gasteiger partial charge in [-0.25, -0.2) is 0 Å². The first-order valence-corrected chi connectivity index (χ1v) is 6.92. The molecule has 1 atom stereocenters. The van der Waals surface area contributed by atoms with Crippen molar-refractivity contribution in [3.63, 3.8) is 0 Å². The Morgan fingerprint density at radius 1 is 1.42 bits per heavy atom. The average Bonchev–Trinajstić information content (AvgIpc) is 2.37. The Bertz CT molecular complexity index is 460. The van der Waals surface area contributed by atoms with Gasteiger partial charge < -0.3 is 10.1 Å². The molecule has 1 unspecified atom stereocenters. The second-order valence-electron chi connectivity index (χ2n) is 4.70. The van der Waals surface area contributed by atoms with E-state index in [1.54, 1.807) is 25.1 Å². The Labute approximate surface area is 121 Å². The Kier molecular flexibility index (Phi) is 6.02. The van der Waals surface area contributed by atoms with Crippen LogP contribution in [0.3, 0.4) is 0 Å². The van der Waals surface area contributed by atoms with Crippen LogP contribution in [-0.4, -0.2) is 24.8 Å². The van der Waals surface area contributed by atoms with Crippen LogP contribution in [0, 0.1) is 5.92 Å². The first-order chi connectivity index (χ1) is 8.93. The van der Waals surface area contributed by atoms with Crippen molar-refractivity contribution in [1.82, 2.24) is 5.32 Å². The summed E-state index contributed by atoms with van der Waals surface area (Å²) in [5, 5.41) is 2.80. The number of hydrogen-bond donors (Lipinski definition) is 1. The maximum atomic E-state index is 11.8. The fourth-order valence-corrected chi connectivity index (χ4v) is 1.73. The van der Waals surface area contributed by atoms with Crippen molar-refractivity contribution in [2.45, 2.75) is 26.9 Å². The molecule has 0 fully saturated rings. The molecule has 0 saturated heterocycles. The van der Waals surface area contributed by atoms with Gasteiger partial charge in [0.15, 0.2) is 12.4 Å². The molecule has 0 aliphatic carbocycles. The molecule has 0 aliphatic rings. The topological polar surface area (TPSA) is 55.4 Å². The van der Waals surface area contributed by atoms with Crippen molar-refractivity contribution in [1.29, 1.82) is 0 Å². The van der Waals surface area contributed by atoms with Gasteiger partial charge in [-0.3, -0.25) is 9.59 Å². The van der Waals surface area contributed by atoms with E-state index in [1.165, 1.54) is 0 Å². The molecular formula is C14H18BrNO3. The Morgan fingerprint density at radius 2 is 2.11 bits per heavy atom. The maximum absolute atomic E-state index is 11.8. The Morgan fingerprint density at radius 3 is 2.68 bits per heavy atom. The van der Waals surface area contributed by atoms with Crippen LogP contribution in [0.25, 0.3) is 0 Å². The third kappa shape index (κ3) is 5.03. The van der Waals surface area contributed by atoms with Crippen LogP contribution in [0.5, 0.6) is 5.75 Å². The summed E-state index contributed by atoms with van der Waals surface area (Å²) in [6.07, 6.45) is 0.139. The number of halogens is 1. The van der Waals surface area contributed by atoms with Crippen LogP contribution >= 0.6 is 15.9 Å². The molecule has 1 rings (SSSR count). The summed E-state index contributed by atoms with van der Waals surface area (Å²) in [5.74, 6) is 0.729. The highest BCUT2D eigenvalue weighted by molar-refractivity contribution is 9.10. The molecular weight excluding hydrogens is 310 g/mol. The third-order valence-electron chi connectivity index (χ3n) is 2.46. The van der Waals surface area contributed by atoms with Crippen LogP contribution < -0.4 is 10.1 Å². The molecule has 5 heteroatoms. The predicted molar refractivity (Wildman–Crippen MR) is 77.5 cm³/mol. The third-order valence-corrected chi connectivity index (χ3v) is 3.18. The molecule has 0 aromatic heterocycles. The van der Waals surface area contributed by atoms with Crippen molar-refractivity contribution in [3.05, 3.63) is 28.2 Å². The molecule has 1 aromatic rings. The number of benzene rings is 1. The second-order valence-corrected chi connectivity index (χ2v) is 5.55. The van der Waals surface area contributed by atoms with E-state index in [0.717, 1.165) is 6.29 Å². The average molecular weight is 328 g/mol. The zero-order valence-electron chi connectivity index (χ0n) is 11.3. The summed E-state index contributed by atoms with van der Waals surface area (Å²) in [7, 11) is 0. The summed E-state index contributed by atoms with van der Waals surface area (Å²) in [6, 6.07) is 5.03. The van der Waals surface area contributed by atoms with Gasteiger partial charge in [0.05, 0.1) is 0 Å². The molecule has 0 spiro atoms. The zero-order valence-corrected chi connectivity index (χ0v) is 12.9. The van der Waals surface area contributed by atoms with E-state index in [9.17, 15) is 9.59 Å². The van der Waals surface area contributed by atoms with Gasteiger partial charge in [0.1, 0.15) is 5.75 Å². The molecule has 104 valence electrons. The van der Waals surface area contributed by atoms with E-state index in [0.29, 0.717) is 28.2 Å². The van der Waals surface area contributed by atoms with Crippen molar-refractivity contribution in [2.75, 3.05) is 6.54 Å². The summed E-state index contributed by atoms with van der Waals surface area (Å²) >= 11 is 3.26. The largest absolute Gasteiger partial charge is 0.481 e. The van der Waals surface area contributed by atoms with Crippen LogP contribution in [0.1, 0.15) is 31.1 Å². The van der Waals surface area contributed by atoms with Crippen molar-refractivity contribution in [3.8, 4) is 5.75 Å². The normalized spacial score (nSPS) is 12.1. The van der Waals surface area contributed by atoms with E-state index in [2.05, 4.69) is 21.2 Å².